The maximum atomic E-state index is 13.4. The van der Waals surface area contributed by atoms with Crippen molar-refractivity contribution in [3.8, 4) is 0 Å². The van der Waals surface area contributed by atoms with Gasteiger partial charge in [0.15, 0.2) is 0 Å². The van der Waals surface area contributed by atoms with E-state index in [1.165, 1.54) is 6.42 Å². The highest BCUT2D eigenvalue weighted by Crippen LogP contribution is 2.38. The molecule has 3 nitrogen and oxygen atoms in total. The highest BCUT2D eigenvalue weighted by molar-refractivity contribution is 6.30. The first-order valence-electron chi connectivity index (χ1n) is 9.08. The van der Waals surface area contributed by atoms with Gasteiger partial charge < -0.3 is 0 Å². The van der Waals surface area contributed by atoms with Crippen molar-refractivity contribution in [2.75, 3.05) is 0 Å². The number of carbonyl (C=O) groups excluding carboxylic acids is 2. The number of fused-ring (bicyclic) bond motifs is 2. The highest BCUT2D eigenvalue weighted by atomic mass is 16.2. The lowest BCUT2D eigenvalue weighted by Gasteiger charge is -2.36. The van der Waals surface area contributed by atoms with Gasteiger partial charge in [0.2, 0.25) is 0 Å². The van der Waals surface area contributed by atoms with E-state index in [0.29, 0.717) is 11.1 Å². The van der Waals surface area contributed by atoms with Crippen molar-refractivity contribution in [2.45, 2.75) is 38.1 Å². The van der Waals surface area contributed by atoms with Crippen LogP contribution in [-0.2, 0) is 0 Å². The smallest absolute Gasteiger partial charge is 0.262 e. The molecule has 0 unspecified atom stereocenters. The van der Waals surface area contributed by atoms with Crippen LogP contribution < -0.4 is 0 Å². The fourth-order valence-corrected chi connectivity index (χ4v) is 4.54. The van der Waals surface area contributed by atoms with Crippen LogP contribution >= 0.6 is 0 Å². The molecule has 0 N–H and O–H groups in total. The predicted octanol–water partition coefficient (Wildman–Crippen LogP) is 4.92. The average molecular weight is 329 g/mol. The van der Waals surface area contributed by atoms with Crippen LogP contribution in [0.5, 0.6) is 0 Å². The van der Waals surface area contributed by atoms with Crippen LogP contribution in [0.2, 0.25) is 0 Å². The third-order valence-electron chi connectivity index (χ3n) is 5.71. The van der Waals surface area contributed by atoms with Crippen LogP contribution in [0.25, 0.3) is 21.5 Å². The van der Waals surface area contributed by atoms with Crippen molar-refractivity contribution in [1.29, 1.82) is 0 Å². The number of nitrogens with zero attached hydrogens (tertiary/aromatic N) is 1. The van der Waals surface area contributed by atoms with E-state index in [1.54, 1.807) is 4.90 Å². The van der Waals surface area contributed by atoms with E-state index in [0.717, 1.165) is 47.2 Å². The summed E-state index contributed by atoms with van der Waals surface area (Å²) in [5, 5.41) is 3.79. The maximum absolute atomic E-state index is 13.4. The van der Waals surface area contributed by atoms with Crippen LogP contribution in [0.3, 0.4) is 0 Å². The Bertz CT molecular complexity index is 1030. The third-order valence-corrected chi connectivity index (χ3v) is 5.71. The number of rotatable bonds is 1. The molecule has 3 aromatic carbocycles. The van der Waals surface area contributed by atoms with Crippen molar-refractivity contribution >= 4 is 33.4 Å². The molecule has 25 heavy (non-hydrogen) atoms. The summed E-state index contributed by atoms with van der Waals surface area (Å²) >= 11 is 0. The molecule has 3 aromatic rings. The van der Waals surface area contributed by atoms with Gasteiger partial charge in [-0.1, -0.05) is 55.7 Å². The molecular formula is C22H19NO2. The maximum Gasteiger partial charge on any atom is 0.262 e. The first-order chi connectivity index (χ1) is 12.3. The molecule has 0 atom stereocenters. The minimum atomic E-state index is -0.120. The molecule has 0 bridgehead atoms. The summed E-state index contributed by atoms with van der Waals surface area (Å²) in [4.78, 5) is 28.1. The molecule has 1 aliphatic carbocycles. The van der Waals surface area contributed by atoms with E-state index in [-0.39, 0.29) is 17.9 Å². The number of amides is 2. The zero-order valence-corrected chi connectivity index (χ0v) is 14.0. The number of hydrogen-bond acceptors (Lipinski definition) is 2. The van der Waals surface area contributed by atoms with E-state index in [2.05, 4.69) is 6.07 Å². The van der Waals surface area contributed by atoms with Crippen molar-refractivity contribution in [2.24, 2.45) is 0 Å². The molecule has 5 rings (SSSR count). The van der Waals surface area contributed by atoms with Gasteiger partial charge >= 0.3 is 0 Å². The zero-order chi connectivity index (χ0) is 17.0. The number of imide groups is 1. The molecule has 1 heterocycles. The number of benzene rings is 3. The SMILES string of the molecule is O=C1c2cccc3cc4ccccc4c(c23)C(=O)N1C1CCCCC1. The predicted molar refractivity (Wildman–Crippen MR) is 98.8 cm³/mol. The standard InChI is InChI=1S/C22H19NO2/c24-21-18-12-6-8-15-13-14-7-4-5-11-17(14)20(19(15)18)22(25)23(21)16-9-2-1-3-10-16/h4-8,11-13,16H,1-3,9-10H2. The molecule has 1 saturated carbocycles. The summed E-state index contributed by atoms with van der Waals surface area (Å²) in [6.45, 7) is 0. The van der Waals surface area contributed by atoms with Gasteiger partial charge in [0.25, 0.3) is 11.8 Å². The van der Waals surface area contributed by atoms with Crippen molar-refractivity contribution in [3.63, 3.8) is 0 Å². The van der Waals surface area contributed by atoms with Crippen LogP contribution in [0, 0.1) is 0 Å². The third kappa shape index (κ3) is 2.05. The zero-order valence-electron chi connectivity index (χ0n) is 14.0. The van der Waals surface area contributed by atoms with E-state index in [1.807, 2.05) is 42.5 Å². The summed E-state index contributed by atoms with van der Waals surface area (Å²) in [6, 6.07) is 15.9. The molecule has 2 aliphatic rings. The first-order valence-corrected chi connectivity index (χ1v) is 9.08. The van der Waals surface area contributed by atoms with Crippen molar-refractivity contribution < 1.29 is 9.59 Å². The topological polar surface area (TPSA) is 37.4 Å². The lowest BCUT2D eigenvalue weighted by molar-refractivity contribution is 0.0504. The monoisotopic (exact) mass is 329 g/mol. The molecule has 0 radical (unpaired) electrons. The summed E-state index contributed by atoms with van der Waals surface area (Å²) in [7, 11) is 0. The second kappa shape index (κ2) is 5.41. The largest absolute Gasteiger partial charge is 0.271 e. The van der Waals surface area contributed by atoms with Gasteiger partial charge in [-0.2, -0.15) is 0 Å². The number of carbonyl (C=O) groups is 2. The van der Waals surface area contributed by atoms with Gasteiger partial charge in [0.1, 0.15) is 0 Å². The van der Waals surface area contributed by atoms with E-state index in [9.17, 15) is 9.59 Å². The molecule has 124 valence electrons. The summed E-state index contributed by atoms with van der Waals surface area (Å²) in [5.41, 5.74) is 1.37. The second-order valence-electron chi connectivity index (χ2n) is 7.15. The Kier molecular flexibility index (Phi) is 3.17. The van der Waals surface area contributed by atoms with Crippen molar-refractivity contribution in [1.82, 2.24) is 4.90 Å². The van der Waals surface area contributed by atoms with Crippen molar-refractivity contribution in [3.05, 3.63) is 59.7 Å². The Morgan fingerprint density at radius 2 is 1.56 bits per heavy atom. The Labute approximate surface area is 146 Å². The van der Waals surface area contributed by atoms with E-state index < -0.39 is 0 Å². The lowest BCUT2D eigenvalue weighted by Crippen LogP contribution is -2.47. The minimum absolute atomic E-state index is 0.0381. The van der Waals surface area contributed by atoms with E-state index in [4.69, 9.17) is 0 Å². The van der Waals surface area contributed by atoms with Gasteiger partial charge in [-0.15, -0.1) is 0 Å². The van der Waals surface area contributed by atoms with Crippen LogP contribution in [0.15, 0.2) is 48.5 Å². The summed E-state index contributed by atoms with van der Waals surface area (Å²) in [5.74, 6) is -0.234. The quantitative estimate of drug-likeness (QED) is 0.469. The molecule has 0 saturated heterocycles. The molecule has 0 spiro atoms. The molecule has 0 aromatic heterocycles. The lowest BCUT2D eigenvalue weighted by atomic mass is 9.86. The van der Waals surface area contributed by atoms with Crippen LogP contribution in [-0.4, -0.2) is 22.8 Å². The molecular weight excluding hydrogens is 310 g/mol. The highest BCUT2D eigenvalue weighted by Gasteiger charge is 2.38. The van der Waals surface area contributed by atoms with Crippen LogP contribution in [0.1, 0.15) is 52.8 Å². The first kappa shape index (κ1) is 14.6. The Hall–Kier alpha value is -2.68. The van der Waals surface area contributed by atoms with Crippen LogP contribution in [0.4, 0.5) is 0 Å². The molecule has 3 heteroatoms. The van der Waals surface area contributed by atoms with Gasteiger partial charge in [-0.3, -0.25) is 14.5 Å². The summed E-state index contributed by atoms with van der Waals surface area (Å²) in [6.07, 6.45) is 5.23. The Morgan fingerprint density at radius 1 is 0.800 bits per heavy atom. The molecule has 1 aliphatic heterocycles. The van der Waals surface area contributed by atoms with Gasteiger partial charge in [0, 0.05) is 17.0 Å². The normalized spacial score (nSPS) is 18.3. The molecule has 1 fully saturated rings. The van der Waals surface area contributed by atoms with Gasteiger partial charge in [0.05, 0.1) is 5.56 Å². The van der Waals surface area contributed by atoms with Gasteiger partial charge in [-0.05, 0) is 41.1 Å². The molecule has 2 amide bonds. The minimum Gasteiger partial charge on any atom is -0.271 e. The Balaban J connectivity index is 1.82. The van der Waals surface area contributed by atoms with Gasteiger partial charge in [-0.25, -0.2) is 0 Å². The summed E-state index contributed by atoms with van der Waals surface area (Å²) < 4.78 is 0. The second-order valence-corrected chi connectivity index (χ2v) is 7.15. The number of hydrogen-bond donors (Lipinski definition) is 0. The Morgan fingerprint density at radius 3 is 2.40 bits per heavy atom. The fourth-order valence-electron chi connectivity index (χ4n) is 4.54. The fraction of sp³-hybridized carbons (Fsp3) is 0.273. The average Bonchev–Trinajstić information content (AvgIpc) is 2.65. The van der Waals surface area contributed by atoms with E-state index >= 15 is 0 Å².